The predicted molar refractivity (Wildman–Crippen MR) is 99.3 cm³/mol. The van der Waals surface area contributed by atoms with Gasteiger partial charge in [0, 0.05) is 32.2 Å². The Labute approximate surface area is 159 Å². The Hall–Kier alpha value is -2.13. The largest absolute Gasteiger partial charge is 0.388 e. The number of carbonyl (C=O) groups excluding carboxylic acids is 2. The van der Waals surface area contributed by atoms with Crippen molar-refractivity contribution in [2.24, 2.45) is 0 Å². The lowest BCUT2D eigenvalue weighted by Crippen LogP contribution is -2.47. The molecule has 0 spiro atoms. The van der Waals surface area contributed by atoms with Gasteiger partial charge in [-0.3, -0.25) is 9.69 Å². The third-order valence-corrected chi connectivity index (χ3v) is 5.23. The number of nitrogens with zero attached hydrogens (tertiary/aromatic N) is 3. The van der Waals surface area contributed by atoms with E-state index in [1.807, 2.05) is 4.90 Å². The summed E-state index contributed by atoms with van der Waals surface area (Å²) in [4.78, 5) is 28.1. The fraction of sp³-hybridized carbons (Fsp3) is 0.722. The number of carbonyl (C=O) groups is 2. The fourth-order valence-electron chi connectivity index (χ4n) is 3.65. The average molecular weight is 379 g/mol. The number of likely N-dealkylation sites (tertiary alicyclic amines) is 2. The van der Waals surface area contributed by atoms with Crippen molar-refractivity contribution in [3.05, 3.63) is 11.8 Å². The molecule has 150 valence electrons. The first-order chi connectivity index (χ1) is 12.9. The van der Waals surface area contributed by atoms with Crippen LogP contribution in [0.25, 0.3) is 0 Å². The van der Waals surface area contributed by atoms with Gasteiger partial charge in [-0.1, -0.05) is 5.16 Å². The molecule has 3 rings (SSSR count). The first-order valence-electron chi connectivity index (χ1n) is 9.64. The van der Waals surface area contributed by atoms with Crippen molar-refractivity contribution in [2.45, 2.75) is 44.6 Å². The summed E-state index contributed by atoms with van der Waals surface area (Å²) in [7, 11) is 0. The van der Waals surface area contributed by atoms with Crippen molar-refractivity contribution in [1.29, 1.82) is 0 Å². The monoisotopic (exact) mass is 379 g/mol. The van der Waals surface area contributed by atoms with Crippen LogP contribution in [0.3, 0.4) is 0 Å². The summed E-state index contributed by atoms with van der Waals surface area (Å²) in [6, 6.07) is 1.58. The minimum atomic E-state index is -0.927. The van der Waals surface area contributed by atoms with E-state index in [2.05, 4.69) is 15.8 Å². The molecule has 2 aliphatic heterocycles. The fourth-order valence-corrected chi connectivity index (χ4v) is 3.65. The van der Waals surface area contributed by atoms with E-state index in [0.717, 1.165) is 38.9 Å². The summed E-state index contributed by atoms with van der Waals surface area (Å²) in [5.41, 5.74) is -0.927. The molecule has 2 aliphatic rings. The molecule has 9 heteroatoms. The molecule has 3 N–H and O–H groups in total. The first-order valence-corrected chi connectivity index (χ1v) is 9.64. The van der Waals surface area contributed by atoms with Gasteiger partial charge in [0.15, 0.2) is 5.82 Å². The number of aromatic nitrogens is 1. The summed E-state index contributed by atoms with van der Waals surface area (Å²) in [6.45, 7) is 5.16. The van der Waals surface area contributed by atoms with Crippen molar-refractivity contribution < 1.29 is 19.2 Å². The molecule has 1 aromatic heterocycles. The molecular formula is C18H29N5O4. The molecule has 0 radical (unpaired) electrons. The maximum atomic E-state index is 12.2. The molecular weight excluding hydrogens is 350 g/mol. The third-order valence-electron chi connectivity index (χ3n) is 5.23. The van der Waals surface area contributed by atoms with E-state index in [1.54, 1.807) is 17.9 Å². The zero-order valence-electron chi connectivity index (χ0n) is 15.9. The van der Waals surface area contributed by atoms with Crippen LogP contribution in [0, 0.1) is 6.92 Å². The highest BCUT2D eigenvalue weighted by Gasteiger charge is 2.32. The van der Waals surface area contributed by atoms with E-state index in [-0.39, 0.29) is 25.0 Å². The van der Waals surface area contributed by atoms with E-state index >= 15 is 0 Å². The van der Waals surface area contributed by atoms with Crippen molar-refractivity contribution in [2.75, 3.05) is 44.6 Å². The Morgan fingerprint density at radius 3 is 2.70 bits per heavy atom. The normalized spacial score (nSPS) is 23.9. The molecule has 0 aliphatic carbocycles. The number of nitrogens with one attached hydrogen (secondary N) is 2. The van der Waals surface area contributed by atoms with Crippen LogP contribution >= 0.6 is 0 Å². The van der Waals surface area contributed by atoms with Crippen LogP contribution in [0.5, 0.6) is 0 Å². The lowest BCUT2D eigenvalue weighted by Gasteiger charge is -2.28. The van der Waals surface area contributed by atoms with Crippen LogP contribution in [0.15, 0.2) is 10.6 Å². The van der Waals surface area contributed by atoms with Crippen LogP contribution in [-0.2, 0) is 4.79 Å². The predicted octanol–water partition coefficient (Wildman–Crippen LogP) is 0.944. The Morgan fingerprint density at radius 2 is 2.00 bits per heavy atom. The summed E-state index contributed by atoms with van der Waals surface area (Å²) >= 11 is 0. The van der Waals surface area contributed by atoms with Gasteiger partial charge in [-0.25, -0.2) is 4.79 Å². The quantitative estimate of drug-likeness (QED) is 0.702. The van der Waals surface area contributed by atoms with Crippen LogP contribution in [0.1, 0.15) is 37.9 Å². The van der Waals surface area contributed by atoms with E-state index in [0.29, 0.717) is 31.0 Å². The van der Waals surface area contributed by atoms with Crippen molar-refractivity contribution in [1.82, 2.24) is 20.3 Å². The van der Waals surface area contributed by atoms with Gasteiger partial charge >= 0.3 is 6.03 Å². The summed E-state index contributed by atoms with van der Waals surface area (Å²) in [5, 5.41) is 20.2. The number of hydrogen-bond acceptors (Lipinski definition) is 6. The van der Waals surface area contributed by atoms with E-state index in [1.165, 1.54) is 0 Å². The van der Waals surface area contributed by atoms with Gasteiger partial charge in [0.2, 0.25) is 5.91 Å². The van der Waals surface area contributed by atoms with E-state index in [9.17, 15) is 14.7 Å². The first kappa shape index (κ1) is 19.6. The Balaban J connectivity index is 1.43. The minimum absolute atomic E-state index is 0.0932. The number of aliphatic hydroxyl groups is 1. The molecule has 27 heavy (non-hydrogen) atoms. The lowest BCUT2D eigenvalue weighted by molar-refractivity contribution is -0.117. The second-order valence-electron chi connectivity index (χ2n) is 7.58. The molecule has 1 aromatic rings. The zero-order valence-corrected chi connectivity index (χ0v) is 15.9. The smallest absolute Gasteiger partial charge is 0.317 e. The van der Waals surface area contributed by atoms with Crippen LogP contribution in [0.2, 0.25) is 0 Å². The van der Waals surface area contributed by atoms with Gasteiger partial charge in [0.1, 0.15) is 5.76 Å². The van der Waals surface area contributed by atoms with Crippen LogP contribution < -0.4 is 10.6 Å². The third kappa shape index (κ3) is 5.67. The highest BCUT2D eigenvalue weighted by Crippen LogP contribution is 2.22. The van der Waals surface area contributed by atoms with Gasteiger partial charge in [-0.05, 0) is 45.6 Å². The van der Waals surface area contributed by atoms with Gasteiger partial charge in [0.25, 0.3) is 0 Å². The second-order valence-corrected chi connectivity index (χ2v) is 7.58. The molecule has 0 saturated carbocycles. The SMILES string of the molecule is Cc1cc(NC(=O)CN2CCC[C@](O)(CNC(=O)N3CCCC3)CC2)no1. The Morgan fingerprint density at radius 1 is 1.22 bits per heavy atom. The molecule has 0 aromatic carbocycles. The van der Waals surface area contributed by atoms with Crippen LogP contribution in [0.4, 0.5) is 10.6 Å². The van der Waals surface area contributed by atoms with Gasteiger partial charge in [-0.2, -0.15) is 0 Å². The van der Waals surface area contributed by atoms with Crippen molar-refractivity contribution >= 4 is 17.8 Å². The number of hydrogen-bond donors (Lipinski definition) is 3. The summed E-state index contributed by atoms with van der Waals surface area (Å²) < 4.78 is 4.94. The molecule has 3 heterocycles. The molecule has 2 fully saturated rings. The average Bonchev–Trinajstić information content (AvgIpc) is 3.26. The number of amides is 3. The minimum Gasteiger partial charge on any atom is -0.388 e. The standard InChI is InChI=1S/C18H29N5O4/c1-14-11-15(21-27-14)20-16(24)12-22-7-4-5-18(26,6-10-22)13-19-17(25)23-8-2-3-9-23/h11,26H,2-10,12-13H2,1H3,(H,19,25)(H,20,21,24)/t18-/m1/s1. The maximum Gasteiger partial charge on any atom is 0.317 e. The number of rotatable bonds is 5. The van der Waals surface area contributed by atoms with Crippen molar-refractivity contribution in [3.63, 3.8) is 0 Å². The molecule has 0 bridgehead atoms. The van der Waals surface area contributed by atoms with Crippen LogP contribution in [-0.4, -0.2) is 76.9 Å². The highest BCUT2D eigenvalue weighted by molar-refractivity contribution is 5.91. The van der Waals surface area contributed by atoms with Gasteiger partial charge < -0.3 is 25.2 Å². The number of urea groups is 1. The molecule has 2 saturated heterocycles. The Kier molecular flexibility index (Phi) is 6.33. The Bertz CT molecular complexity index is 658. The van der Waals surface area contributed by atoms with Crippen molar-refractivity contribution in [3.8, 4) is 0 Å². The van der Waals surface area contributed by atoms with Gasteiger partial charge in [-0.15, -0.1) is 0 Å². The second kappa shape index (κ2) is 8.71. The molecule has 3 amide bonds. The van der Waals surface area contributed by atoms with Gasteiger partial charge in [0.05, 0.1) is 12.1 Å². The molecule has 9 nitrogen and oxygen atoms in total. The number of anilines is 1. The lowest BCUT2D eigenvalue weighted by atomic mass is 9.95. The summed E-state index contributed by atoms with van der Waals surface area (Å²) in [5.74, 6) is 0.894. The van der Waals surface area contributed by atoms with E-state index in [4.69, 9.17) is 4.52 Å². The highest BCUT2D eigenvalue weighted by atomic mass is 16.5. The van der Waals surface area contributed by atoms with E-state index < -0.39 is 5.60 Å². The number of aryl methyl sites for hydroxylation is 1. The maximum absolute atomic E-state index is 12.2. The molecule has 0 unspecified atom stereocenters. The topological polar surface area (TPSA) is 111 Å². The zero-order chi connectivity index (χ0) is 19.3. The molecule has 1 atom stereocenters. The summed E-state index contributed by atoms with van der Waals surface area (Å²) in [6.07, 6.45) is 3.98.